The van der Waals surface area contributed by atoms with Gasteiger partial charge in [-0.1, -0.05) is 28.9 Å². The van der Waals surface area contributed by atoms with Crippen LogP contribution in [0.4, 0.5) is 0 Å². The van der Waals surface area contributed by atoms with Crippen molar-refractivity contribution in [1.29, 1.82) is 0 Å². The molecule has 0 saturated carbocycles. The van der Waals surface area contributed by atoms with Crippen LogP contribution in [0.3, 0.4) is 0 Å². The van der Waals surface area contributed by atoms with Gasteiger partial charge in [-0.2, -0.15) is 5.10 Å². The van der Waals surface area contributed by atoms with Crippen LogP contribution in [0.2, 0.25) is 0 Å². The van der Waals surface area contributed by atoms with E-state index in [1.807, 2.05) is 49.6 Å². The minimum absolute atomic E-state index is 0.0664. The molecule has 136 valence electrons. The molecule has 8 heteroatoms. The second kappa shape index (κ2) is 7.65. The number of H-pyrrole nitrogens is 1. The first-order chi connectivity index (χ1) is 12.5. The summed E-state index contributed by atoms with van der Waals surface area (Å²) in [6, 6.07) is 8.02. The third-order valence-electron chi connectivity index (χ3n) is 4.24. The predicted molar refractivity (Wildman–Crippen MR) is 100 cm³/mol. The Morgan fingerprint density at radius 1 is 1.35 bits per heavy atom. The van der Waals surface area contributed by atoms with Gasteiger partial charge in [-0.25, -0.2) is 0 Å². The monoisotopic (exact) mass is 371 g/mol. The molecule has 0 spiro atoms. The first kappa shape index (κ1) is 18.1. The Morgan fingerprint density at radius 3 is 2.85 bits per heavy atom. The number of rotatable bonds is 6. The number of aromatic nitrogens is 4. The van der Waals surface area contributed by atoms with Crippen LogP contribution in [-0.4, -0.2) is 25.8 Å². The van der Waals surface area contributed by atoms with Crippen LogP contribution in [0.1, 0.15) is 29.0 Å². The van der Waals surface area contributed by atoms with Gasteiger partial charge in [-0.05, 0) is 39.1 Å². The SMILES string of the molecule is Cc1cccc(-c2n[nH]c(=S)n2CCC(=O)NCc2c(C)noc2C)c1. The Balaban J connectivity index is 1.66. The fourth-order valence-electron chi connectivity index (χ4n) is 2.77. The van der Waals surface area contributed by atoms with Gasteiger partial charge in [0.25, 0.3) is 0 Å². The first-order valence-corrected chi connectivity index (χ1v) is 8.77. The summed E-state index contributed by atoms with van der Waals surface area (Å²) < 4.78 is 7.45. The summed E-state index contributed by atoms with van der Waals surface area (Å²) in [5.74, 6) is 1.39. The average Bonchev–Trinajstić information content (AvgIpc) is 3.13. The number of aromatic amines is 1. The van der Waals surface area contributed by atoms with Crippen molar-refractivity contribution in [2.45, 2.75) is 40.3 Å². The second-order valence-electron chi connectivity index (χ2n) is 6.20. The molecule has 0 unspecified atom stereocenters. The number of nitrogens with zero attached hydrogens (tertiary/aromatic N) is 3. The third kappa shape index (κ3) is 3.91. The van der Waals surface area contributed by atoms with Gasteiger partial charge in [0, 0.05) is 30.6 Å². The lowest BCUT2D eigenvalue weighted by molar-refractivity contribution is -0.121. The lowest BCUT2D eigenvalue weighted by atomic mass is 10.1. The summed E-state index contributed by atoms with van der Waals surface area (Å²) in [7, 11) is 0. The largest absolute Gasteiger partial charge is 0.361 e. The van der Waals surface area contributed by atoms with Gasteiger partial charge in [0.15, 0.2) is 10.6 Å². The maximum absolute atomic E-state index is 12.2. The highest BCUT2D eigenvalue weighted by Gasteiger charge is 2.13. The van der Waals surface area contributed by atoms with E-state index in [0.717, 1.165) is 34.0 Å². The molecule has 2 aromatic heterocycles. The van der Waals surface area contributed by atoms with Crippen molar-refractivity contribution in [2.24, 2.45) is 0 Å². The van der Waals surface area contributed by atoms with E-state index in [0.29, 0.717) is 24.3 Å². The van der Waals surface area contributed by atoms with Crippen molar-refractivity contribution in [3.05, 3.63) is 51.6 Å². The van der Waals surface area contributed by atoms with Gasteiger partial charge in [0.05, 0.1) is 5.69 Å². The molecule has 3 aromatic rings. The van der Waals surface area contributed by atoms with E-state index in [1.54, 1.807) is 0 Å². The smallest absolute Gasteiger partial charge is 0.222 e. The molecule has 1 amide bonds. The Labute approximate surface area is 156 Å². The molecular formula is C18H21N5O2S. The van der Waals surface area contributed by atoms with Crippen molar-refractivity contribution in [2.75, 3.05) is 0 Å². The van der Waals surface area contributed by atoms with Crippen LogP contribution >= 0.6 is 12.2 Å². The molecule has 0 bridgehead atoms. The van der Waals surface area contributed by atoms with Crippen molar-refractivity contribution >= 4 is 18.1 Å². The topological polar surface area (TPSA) is 88.7 Å². The van der Waals surface area contributed by atoms with Gasteiger partial charge in [-0.3, -0.25) is 14.5 Å². The molecule has 3 rings (SSSR count). The van der Waals surface area contributed by atoms with Crippen molar-refractivity contribution in [3.8, 4) is 11.4 Å². The summed E-state index contributed by atoms with van der Waals surface area (Å²) in [4.78, 5) is 12.2. The number of amides is 1. The molecule has 2 N–H and O–H groups in total. The number of hydrogen-bond donors (Lipinski definition) is 2. The van der Waals surface area contributed by atoms with E-state index in [1.165, 1.54) is 0 Å². The number of carbonyl (C=O) groups is 1. The van der Waals surface area contributed by atoms with Crippen molar-refractivity contribution < 1.29 is 9.32 Å². The van der Waals surface area contributed by atoms with E-state index in [9.17, 15) is 4.79 Å². The van der Waals surface area contributed by atoms with Crippen LogP contribution in [0, 0.1) is 25.5 Å². The Bertz CT molecular complexity index is 966. The zero-order valence-corrected chi connectivity index (χ0v) is 15.8. The molecule has 0 aliphatic heterocycles. The van der Waals surface area contributed by atoms with Crippen LogP contribution in [0.5, 0.6) is 0 Å². The molecule has 0 aliphatic rings. The Kier molecular flexibility index (Phi) is 5.32. The summed E-state index contributed by atoms with van der Waals surface area (Å²) >= 11 is 5.31. The summed E-state index contributed by atoms with van der Waals surface area (Å²) in [6.07, 6.45) is 0.302. The number of hydrogen-bond acceptors (Lipinski definition) is 5. The number of nitrogens with one attached hydrogen (secondary N) is 2. The zero-order valence-electron chi connectivity index (χ0n) is 15.0. The van der Waals surface area contributed by atoms with E-state index in [2.05, 4.69) is 20.7 Å². The van der Waals surface area contributed by atoms with Crippen LogP contribution in [0.15, 0.2) is 28.8 Å². The molecule has 2 heterocycles. The minimum Gasteiger partial charge on any atom is -0.361 e. The highest BCUT2D eigenvalue weighted by molar-refractivity contribution is 7.71. The molecule has 26 heavy (non-hydrogen) atoms. The normalized spacial score (nSPS) is 10.9. The van der Waals surface area contributed by atoms with E-state index in [-0.39, 0.29) is 5.91 Å². The highest BCUT2D eigenvalue weighted by Crippen LogP contribution is 2.19. The second-order valence-corrected chi connectivity index (χ2v) is 6.59. The molecule has 0 atom stereocenters. The van der Waals surface area contributed by atoms with Crippen LogP contribution < -0.4 is 5.32 Å². The maximum Gasteiger partial charge on any atom is 0.222 e. The van der Waals surface area contributed by atoms with E-state index >= 15 is 0 Å². The summed E-state index contributed by atoms with van der Waals surface area (Å²) in [6.45, 7) is 6.57. The van der Waals surface area contributed by atoms with Crippen molar-refractivity contribution in [1.82, 2.24) is 25.2 Å². The number of carbonyl (C=O) groups excluding carboxylic acids is 1. The molecule has 0 saturated heterocycles. The maximum atomic E-state index is 12.2. The van der Waals surface area contributed by atoms with Crippen molar-refractivity contribution in [3.63, 3.8) is 0 Å². The summed E-state index contributed by atoms with van der Waals surface area (Å²) in [5, 5.41) is 13.9. The molecule has 0 aliphatic carbocycles. The summed E-state index contributed by atoms with van der Waals surface area (Å²) in [5.41, 5.74) is 3.81. The highest BCUT2D eigenvalue weighted by atomic mass is 32.1. The minimum atomic E-state index is -0.0664. The van der Waals surface area contributed by atoms with Gasteiger partial charge in [0.2, 0.25) is 5.91 Å². The molecule has 7 nitrogen and oxygen atoms in total. The number of aryl methyl sites for hydroxylation is 3. The lowest BCUT2D eigenvalue weighted by Gasteiger charge is -2.08. The fraction of sp³-hybridized carbons (Fsp3) is 0.333. The average molecular weight is 371 g/mol. The Hall–Kier alpha value is -2.74. The van der Waals surface area contributed by atoms with Crippen LogP contribution in [-0.2, 0) is 17.9 Å². The number of benzene rings is 1. The standard InChI is InChI=1S/C18H21N5O2S/c1-11-5-4-6-14(9-11)17-20-21-18(26)23(17)8-7-16(24)19-10-15-12(2)22-25-13(15)3/h4-6,9H,7-8,10H2,1-3H3,(H,19,24)(H,21,26). The van der Waals surface area contributed by atoms with Gasteiger partial charge in [-0.15, -0.1) is 0 Å². The van der Waals surface area contributed by atoms with Gasteiger partial charge in [0.1, 0.15) is 5.76 Å². The first-order valence-electron chi connectivity index (χ1n) is 8.36. The predicted octanol–water partition coefficient (Wildman–Crippen LogP) is 3.23. The van der Waals surface area contributed by atoms with E-state index in [4.69, 9.17) is 16.7 Å². The van der Waals surface area contributed by atoms with Gasteiger partial charge < -0.3 is 9.84 Å². The third-order valence-corrected chi connectivity index (χ3v) is 4.55. The Morgan fingerprint density at radius 2 is 2.15 bits per heavy atom. The quantitative estimate of drug-likeness (QED) is 0.650. The van der Waals surface area contributed by atoms with Gasteiger partial charge >= 0.3 is 0 Å². The van der Waals surface area contributed by atoms with Crippen LogP contribution in [0.25, 0.3) is 11.4 Å². The molecular weight excluding hydrogens is 350 g/mol. The molecule has 0 radical (unpaired) electrons. The zero-order chi connectivity index (χ0) is 18.7. The molecule has 0 fully saturated rings. The lowest BCUT2D eigenvalue weighted by Crippen LogP contribution is -2.24. The fourth-order valence-corrected chi connectivity index (χ4v) is 3.00. The molecule has 1 aromatic carbocycles. The van der Waals surface area contributed by atoms with E-state index < -0.39 is 0 Å².